The van der Waals surface area contributed by atoms with Crippen LogP contribution < -0.4 is 0 Å². The summed E-state index contributed by atoms with van der Waals surface area (Å²) in [5.41, 5.74) is 0.427. The van der Waals surface area contributed by atoms with Crippen LogP contribution in [0.3, 0.4) is 0 Å². The summed E-state index contributed by atoms with van der Waals surface area (Å²) in [6.45, 7) is 0. The molecule has 18 heavy (non-hydrogen) atoms. The van der Waals surface area contributed by atoms with Gasteiger partial charge in [0.15, 0.2) is 5.78 Å². The minimum Gasteiger partial charge on any atom is -0.511 e. The minimum absolute atomic E-state index is 0.00503. The first-order valence-electron chi connectivity index (χ1n) is 6.16. The van der Waals surface area contributed by atoms with Crippen molar-refractivity contribution in [3.8, 4) is 0 Å². The zero-order valence-corrected chi connectivity index (χ0v) is 10.6. The molecule has 0 aromatic carbocycles. The predicted octanol–water partition coefficient (Wildman–Crippen LogP) is 2.30. The quantitative estimate of drug-likeness (QED) is 0.340. The Morgan fingerprint density at radius 3 is 2.61 bits per heavy atom. The van der Waals surface area contributed by atoms with Gasteiger partial charge in [-0.1, -0.05) is 0 Å². The smallest absolute Gasteiger partial charge is 0.305 e. The first-order valence-corrected chi connectivity index (χ1v) is 6.16. The van der Waals surface area contributed by atoms with E-state index in [0.717, 1.165) is 0 Å². The fraction of sp³-hybridized carbons (Fsp3) is 0.615. The first-order chi connectivity index (χ1) is 8.56. The van der Waals surface area contributed by atoms with Gasteiger partial charge >= 0.3 is 5.97 Å². The number of aliphatic hydroxyl groups is 1. The normalized spacial score (nSPS) is 18.7. The molecule has 1 aliphatic rings. The molecule has 0 aromatic rings. The number of esters is 1. The fourth-order valence-corrected chi connectivity index (χ4v) is 1.97. The molecule has 100 valence electrons. The number of hydrogen-bond acceptors (Lipinski definition) is 5. The number of nitrogens with one attached hydrogen (secondary N) is 1. The number of ether oxygens (including phenoxy) is 1. The Kier molecular flexibility index (Phi) is 5.55. The average Bonchev–Trinajstić information content (AvgIpc) is 2.34. The van der Waals surface area contributed by atoms with Crippen molar-refractivity contribution >= 4 is 17.5 Å². The van der Waals surface area contributed by atoms with Crippen molar-refractivity contribution in [1.29, 1.82) is 5.41 Å². The maximum absolute atomic E-state index is 11.6. The summed E-state index contributed by atoms with van der Waals surface area (Å²) in [5.74, 6) is -0.421. The lowest BCUT2D eigenvalue weighted by molar-refractivity contribution is -0.140. The van der Waals surface area contributed by atoms with Crippen molar-refractivity contribution in [3.63, 3.8) is 0 Å². The van der Waals surface area contributed by atoms with E-state index in [-0.39, 0.29) is 28.8 Å². The van der Waals surface area contributed by atoms with Crippen molar-refractivity contribution in [3.05, 3.63) is 11.3 Å². The molecule has 0 radical (unpaired) electrons. The monoisotopic (exact) mass is 253 g/mol. The number of hydrogen-bond donors (Lipinski definition) is 2. The van der Waals surface area contributed by atoms with E-state index in [0.29, 0.717) is 44.9 Å². The van der Waals surface area contributed by atoms with Crippen LogP contribution in [0, 0.1) is 5.41 Å². The number of carbonyl (C=O) groups excluding carboxylic acids is 2. The Morgan fingerprint density at radius 2 is 2.00 bits per heavy atom. The number of aliphatic hydroxyl groups excluding tert-OH is 1. The molecule has 0 amide bonds. The topological polar surface area (TPSA) is 87.4 Å². The molecular formula is C13H19NO4. The molecular weight excluding hydrogens is 234 g/mol. The second-order valence-corrected chi connectivity index (χ2v) is 4.36. The molecule has 5 heteroatoms. The number of Topliss-reactive ketones (excluding diaryl/α,β-unsaturated/α-hetero) is 1. The molecule has 2 N–H and O–H groups in total. The van der Waals surface area contributed by atoms with Gasteiger partial charge in [-0.15, -0.1) is 0 Å². The fourth-order valence-electron chi connectivity index (χ4n) is 1.97. The largest absolute Gasteiger partial charge is 0.511 e. The van der Waals surface area contributed by atoms with Crippen LogP contribution in [0.5, 0.6) is 0 Å². The summed E-state index contributed by atoms with van der Waals surface area (Å²) >= 11 is 0. The molecule has 0 aromatic heterocycles. The molecule has 0 heterocycles. The molecule has 0 saturated heterocycles. The number of rotatable bonds is 5. The number of carbonyl (C=O) groups is 2. The van der Waals surface area contributed by atoms with E-state index < -0.39 is 0 Å². The van der Waals surface area contributed by atoms with E-state index in [1.165, 1.54) is 7.11 Å². The third-order valence-corrected chi connectivity index (χ3v) is 2.97. The third kappa shape index (κ3) is 3.98. The first kappa shape index (κ1) is 14.4. The Labute approximate surface area is 106 Å². The van der Waals surface area contributed by atoms with E-state index in [1.807, 2.05) is 0 Å². The van der Waals surface area contributed by atoms with E-state index in [1.54, 1.807) is 0 Å². The van der Waals surface area contributed by atoms with Gasteiger partial charge in [0.25, 0.3) is 0 Å². The molecule has 1 saturated carbocycles. The molecule has 0 spiro atoms. The SMILES string of the molecule is COC(=O)CCCCC(O)=C1C(=N)CCCC1=O. The van der Waals surface area contributed by atoms with Crippen molar-refractivity contribution in [2.75, 3.05) is 7.11 Å². The van der Waals surface area contributed by atoms with Crippen LogP contribution in [-0.2, 0) is 14.3 Å². The lowest BCUT2D eigenvalue weighted by Crippen LogP contribution is -2.20. The molecule has 0 aliphatic heterocycles. The highest BCUT2D eigenvalue weighted by Crippen LogP contribution is 2.21. The Bertz CT molecular complexity index is 366. The highest BCUT2D eigenvalue weighted by Gasteiger charge is 2.23. The third-order valence-electron chi connectivity index (χ3n) is 2.97. The van der Waals surface area contributed by atoms with Crippen LogP contribution in [0.15, 0.2) is 11.3 Å². The van der Waals surface area contributed by atoms with Crippen LogP contribution >= 0.6 is 0 Å². The lowest BCUT2D eigenvalue weighted by atomic mass is 9.89. The van der Waals surface area contributed by atoms with Gasteiger partial charge < -0.3 is 15.3 Å². The summed E-state index contributed by atoms with van der Waals surface area (Å²) < 4.78 is 4.51. The van der Waals surface area contributed by atoms with Crippen molar-refractivity contribution in [2.24, 2.45) is 0 Å². The zero-order chi connectivity index (χ0) is 13.5. The van der Waals surface area contributed by atoms with Gasteiger partial charge in [0, 0.05) is 25.0 Å². The molecule has 5 nitrogen and oxygen atoms in total. The second kappa shape index (κ2) is 6.93. The van der Waals surface area contributed by atoms with E-state index in [4.69, 9.17) is 5.41 Å². The molecule has 1 aliphatic carbocycles. The summed E-state index contributed by atoms with van der Waals surface area (Å²) in [7, 11) is 1.34. The Hall–Kier alpha value is -1.65. The van der Waals surface area contributed by atoms with Gasteiger partial charge in [0.2, 0.25) is 0 Å². The van der Waals surface area contributed by atoms with Crippen molar-refractivity contribution in [2.45, 2.75) is 44.9 Å². The summed E-state index contributed by atoms with van der Waals surface area (Å²) in [4.78, 5) is 22.5. The van der Waals surface area contributed by atoms with Crippen LogP contribution in [0.2, 0.25) is 0 Å². The molecule has 1 fully saturated rings. The Morgan fingerprint density at radius 1 is 1.33 bits per heavy atom. The summed E-state index contributed by atoms with van der Waals surface area (Å²) in [5, 5.41) is 17.5. The lowest BCUT2D eigenvalue weighted by Gasteiger charge is -2.16. The highest BCUT2D eigenvalue weighted by molar-refractivity contribution is 6.23. The van der Waals surface area contributed by atoms with Crippen LogP contribution in [-0.4, -0.2) is 29.7 Å². The Balaban J connectivity index is 2.47. The van der Waals surface area contributed by atoms with Gasteiger partial charge in [-0.2, -0.15) is 0 Å². The minimum atomic E-state index is -0.274. The van der Waals surface area contributed by atoms with Crippen LogP contribution in [0.1, 0.15) is 44.9 Å². The molecule has 0 bridgehead atoms. The number of allylic oxidation sites excluding steroid dienone is 2. The molecule has 0 unspecified atom stereocenters. The van der Waals surface area contributed by atoms with Crippen molar-refractivity contribution < 1.29 is 19.4 Å². The summed E-state index contributed by atoms with van der Waals surface area (Å²) in [6.07, 6.45) is 3.50. The zero-order valence-electron chi connectivity index (χ0n) is 10.6. The summed E-state index contributed by atoms with van der Waals surface area (Å²) in [6, 6.07) is 0. The van der Waals surface area contributed by atoms with E-state index >= 15 is 0 Å². The average molecular weight is 253 g/mol. The van der Waals surface area contributed by atoms with Gasteiger partial charge in [-0.05, 0) is 25.7 Å². The van der Waals surface area contributed by atoms with Crippen LogP contribution in [0.25, 0.3) is 0 Å². The van der Waals surface area contributed by atoms with Gasteiger partial charge in [0.1, 0.15) is 5.76 Å². The highest BCUT2D eigenvalue weighted by atomic mass is 16.5. The standard InChI is InChI=1S/C13H19NO4/c1-18-12(17)8-3-2-6-10(15)13-9(14)5-4-7-11(13)16/h14-15H,2-8H2,1H3. The number of unbranched alkanes of at least 4 members (excludes halogenated alkanes) is 1. The maximum atomic E-state index is 11.6. The van der Waals surface area contributed by atoms with E-state index in [9.17, 15) is 14.7 Å². The van der Waals surface area contributed by atoms with Gasteiger partial charge in [0.05, 0.1) is 12.7 Å². The predicted molar refractivity (Wildman–Crippen MR) is 66.7 cm³/mol. The second-order valence-electron chi connectivity index (χ2n) is 4.36. The van der Waals surface area contributed by atoms with Gasteiger partial charge in [-0.25, -0.2) is 0 Å². The van der Waals surface area contributed by atoms with Crippen LogP contribution in [0.4, 0.5) is 0 Å². The van der Waals surface area contributed by atoms with Gasteiger partial charge in [-0.3, -0.25) is 9.59 Å². The maximum Gasteiger partial charge on any atom is 0.305 e. The van der Waals surface area contributed by atoms with E-state index in [2.05, 4.69) is 4.74 Å². The molecule has 1 rings (SSSR count). The number of methoxy groups -OCH3 is 1. The molecule has 0 atom stereocenters. The number of ketones is 1. The van der Waals surface area contributed by atoms with Crippen molar-refractivity contribution in [1.82, 2.24) is 0 Å².